The fraction of sp³-hybridized carbons (Fsp3) is 0.727. The molecule has 1 aliphatic carbocycles. The minimum atomic E-state index is -0.621. The van der Waals surface area contributed by atoms with Crippen LogP contribution in [0.15, 0.2) is 0 Å². The highest BCUT2D eigenvalue weighted by molar-refractivity contribution is 5.67. The topological polar surface area (TPSA) is 26.3 Å². The van der Waals surface area contributed by atoms with Crippen molar-refractivity contribution in [3.8, 4) is 12.3 Å². The minimum absolute atomic E-state index is 0.272. The summed E-state index contributed by atoms with van der Waals surface area (Å²) in [4.78, 5) is 10.9. The van der Waals surface area contributed by atoms with E-state index in [4.69, 9.17) is 11.2 Å². The molecular weight excluding hydrogens is 164 g/mol. The second kappa shape index (κ2) is 3.83. The van der Waals surface area contributed by atoms with Crippen molar-refractivity contribution in [2.24, 2.45) is 5.92 Å². The molecule has 0 aromatic carbocycles. The summed E-state index contributed by atoms with van der Waals surface area (Å²) in [6.45, 7) is 3.47. The van der Waals surface area contributed by atoms with Gasteiger partial charge in [0, 0.05) is 12.8 Å². The molecule has 0 radical (unpaired) electrons. The molecule has 0 saturated heterocycles. The Morgan fingerprint density at radius 1 is 1.62 bits per heavy atom. The highest BCUT2D eigenvalue weighted by atomic mass is 16.6. The quantitative estimate of drug-likeness (QED) is 0.456. The molecule has 2 heteroatoms. The molecule has 0 aromatic heterocycles. The van der Waals surface area contributed by atoms with Crippen molar-refractivity contribution in [3.63, 3.8) is 0 Å². The van der Waals surface area contributed by atoms with E-state index in [0.717, 1.165) is 19.3 Å². The van der Waals surface area contributed by atoms with Gasteiger partial charge in [-0.2, -0.15) is 0 Å². The van der Waals surface area contributed by atoms with Crippen molar-refractivity contribution in [2.75, 3.05) is 0 Å². The largest absolute Gasteiger partial charge is 0.446 e. The number of ether oxygens (including phenoxy) is 1. The zero-order valence-corrected chi connectivity index (χ0v) is 8.30. The van der Waals surface area contributed by atoms with Gasteiger partial charge in [0.1, 0.15) is 0 Å². The number of carbonyl (C=O) groups is 1. The Morgan fingerprint density at radius 2 is 2.31 bits per heavy atom. The van der Waals surface area contributed by atoms with Gasteiger partial charge in [-0.15, -0.1) is 6.42 Å². The van der Waals surface area contributed by atoms with Gasteiger partial charge in [-0.3, -0.25) is 4.79 Å². The summed E-state index contributed by atoms with van der Waals surface area (Å²) in [5, 5.41) is 0. The summed E-state index contributed by atoms with van der Waals surface area (Å²) in [5.41, 5.74) is -0.621. The van der Waals surface area contributed by atoms with Crippen LogP contribution in [0.3, 0.4) is 0 Å². The lowest BCUT2D eigenvalue weighted by atomic mass is 9.77. The average molecular weight is 180 g/mol. The number of esters is 1. The first-order chi connectivity index (χ1) is 6.10. The Labute approximate surface area is 79.7 Å². The average Bonchev–Trinajstić information content (AvgIpc) is 2.08. The Balaban J connectivity index is 2.77. The molecule has 2 nitrogen and oxygen atoms in total. The molecule has 0 aromatic rings. The molecule has 2 atom stereocenters. The zero-order chi connectivity index (χ0) is 9.90. The van der Waals surface area contributed by atoms with Crippen molar-refractivity contribution >= 4 is 5.97 Å². The van der Waals surface area contributed by atoms with E-state index in [2.05, 4.69) is 12.8 Å². The van der Waals surface area contributed by atoms with Crippen LogP contribution < -0.4 is 0 Å². The summed E-state index contributed by atoms with van der Waals surface area (Å²) in [6, 6.07) is 0. The van der Waals surface area contributed by atoms with Gasteiger partial charge in [0.25, 0.3) is 0 Å². The standard InChI is InChI=1S/C11H16O2/c1-4-11(13-10(3)12)8-6-5-7-9(11)2/h1,9H,5-8H2,2-3H3. The molecule has 13 heavy (non-hydrogen) atoms. The van der Waals surface area contributed by atoms with Crippen molar-refractivity contribution < 1.29 is 9.53 Å². The van der Waals surface area contributed by atoms with Gasteiger partial charge in [-0.05, 0) is 19.3 Å². The summed E-state index contributed by atoms with van der Waals surface area (Å²) >= 11 is 0. The molecule has 1 aliphatic rings. The van der Waals surface area contributed by atoms with Gasteiger partial charge < -0.3 is 4.74 Å². The lowest BCUT2D eigenvalue weighted by Crippen LogP contribution is -2.41. The maximum absolute atomic E-state index is 10.9. The van der Waals surface area contributed by atoms with Gasteiger partial charge in [0.2, 0.25) is 0 Å². The number of hydrogen-bond donors (Lipinski definition) is 0. The van der Waals surface area contributed by atoms with Crippen LogP contribution in [-0.2, 0) is 9.53 Å². The highest BCUT2D eigenvalue weighted by Gasteiger charge is 2.39. The van der Waals surface area contributed by atoms with E-state index in [9.17, 15) is 4.79 Å². The number of rotatable bonds is 1. The van der Waals surface area contributed by atoms with Crippen LogP contribution in [-0.4, -0.2) is 11.6 Å². The molecule has 1 rings (SSSR count). The third-order valence-electron chi connectivity index (χ3n) is 2.80. The molecule has 2 unspecified atom stereocenters. The van der Waals surface area contributed by atoms with E-state index in [1.165, 1.54) is 13.3 Å². The van der Waals surface area contributed by atoms with Crippen molar-refractivity contribution in [2.45, 2.75) is 45.1 Å². The van der Waals surface area contributed by atoms with Gasteiger partial charge >= 0.3 is 5.97 Å². The van der Waals surface area contributed by atoms with Gasteiger partial charge in [0.15, 0.2) is 5.60 Å². The van der Waals surface area contributed by atoms with Crippen LogP contribution in [0.4, 0.5) is 0 Å². The fourth-order valence-electron chi connectivity index (χ4n) is 1.97. The Kier molecular flexibility index (Phi) is 2.98. The maximum atomic E-state index is 10.9. The summed E-state index contributed by atoms with van der Waals surface area (Å²) in [6.07, 6.45) is 9.56. The second-order valence-electron chi connectivity index (χ2n) is 3.77. The van der Waals surface area contributed by atoms with Gasteiger partial charge in [0.05, 0.1) is 0 Å². The lowest BCUT2D eigenvalue weighted by Gasteiger charge is -2.37. The highest BCUT2D eigenvalue weighted by Crippen LogP contribution is 2.36. The van der Waals surface area contributed by atoms with E-state index < -0.39 is 5.60 Å². The molecule has 0 N–H and O–H groups in total. The van der Waals surface area contributed by atoms with Crippen LogP contribution in [0, 0.1) is 18.3 Å². The normalized spacial score (nSPS) is 33.5. The van der Waals surface area contributed by atoms with Crippen LogP contribution in [0.1, 0.15) is 39.5 Å². The van der Waals surface area contributed by atoms with Crippen molar-refractivity contribution in [3.05, 3.63) is 0 Å². The van der Waals surface area contributed by atoms with E-state index in [1.807, 2.05) is 0 Å². The van der Waals surface area contributed by atoms with E-state index in [0.29, 0.717) is 0 Å². The Bertz CT molecular complexity index is 239. The van der Waals surface area contributed by atoms with Crippen LogP contribution in [0.25, 0.3) is 0 Å². The monoisotopic (exact) mass is 180 g/mol. The molecule has 0 amide bonds. The van der Waals surface area contributed by atoms with Crippen LogP contribution >= 0.6 is 0 Å². The smallest absolute Gasteiger partial charge is 0.304 e. The first-order valence-corrected chi connectivity index (χ1v) is 4.78. The van der Waals surface area contributed by atoms with Crippen LogP contribution in [0.2, 0.25) is 0 Å². The van der Waals surface area contributed by atoms with E-state index in [-0.39, 0.29) is 11.9 Å². The molecular formula is C11H16O2. The fourth-order valence-corrected chi connectivity index (χ4v) is 1.97. The molecule has 0 bridgehead atoms. The zero-order valence-electron chi connectivity index (χ0n) is 8.30. The maximum Gasteiger partial charge on any atom is 0.304 e. The van der Waals surface area contributed by atoms with E-state index in [1.54, 1.807) is 0 Å². The van der Waals surface area contributed by atoms with Crippen molar-refractivity contribution in [1.29, 1.82) is 0 Å². The number of carbonyl (C=O) groups excluding carboxylic acids is 1. The number of terminal acetylenes is 1. The molecule has 1 saturated carbocycles. The van der Waals surface area contributed by atoms with Gasteiger partial charge in [-0.1, -0.05) is 19.3 Å². The van der Waals surface area contributed by atoms with Crippen molar-refractivity contribution in [1.82, 2.24) is 0 Å². The second-order valence-corrected chi connectivity index (χ2v) is 3.77. The lowest BCUT2D eigenvalue weighted by molar-refractivity contribution is -0.158. The summed E-state index contributed by atoms with van der Waals surface area (Å²) in [5.74, 6) is 2.67. The SMILES string of the molecule is C#CC1(OC(C)=O)CCCCC1C. The number of hydrogen-bond acceptors (Lipinski definition) is 2. The summed E-state index contributed by atoms with van der Waals surface area (Å²) in [7, 11) is 0. The Hall–Kier alpha value is -0.970. The first kappa shape index (κ1) is 10.1. The third-order valence-corrected chi connectivity index (χ3v) is 2.80. The molecule has 0 aliphatic heterocycles. The Morgan fingerprint density at radius 3 is 2.77 bits per heavy atom. The molecule has 72 valence electrons. The molecule has 0 heterocycles. The van der Waals surface area contributed by atoms with Gasteiger partial charge in [-0.25, -0.2) is 0 Å². The molecule has 1 fully saturated rings. The predicted octanol–water partition coefficient (Wildman–Crippen LogP) is 2.13. The van der Waals surface area contributed by atoms with Crippen LogP contribution in [0.5, 0.6) is 0 Å². The first-order valence-electron chi connectivity index (χ1n) is 4.78. The minimum Gasteiger partial charge on any atom is -0.446 e. The molecule has 0 spiro atoms. The van der Waals surface area contributed by atoms with E-state index >= 15 is 0 Å². The predicted molar refractivity (Wildman–Crippen MR) is 51.0 cm³/mol. The third kappa shape index (κ3) is 2.03. The summed E-state index contributed by atoms with van der Waals surface area (Å²) < 4.78 is 5.27.